The van der Waals surface area contributed by atoms with Crippen LogP contribution in [0.3, 0.4) is 0 Å². The van der Waals surface area contributed by atoms with E-state index in [4.69, 9.17) is 0 Å². The highest BCUT2D eigenvalue weighted by Gasteiger charge is 2.21. The molecule has 0 bridgehead atoms. The topological polar surface area (TPSA) is 97.1 Å². The average Bonchev–Trinajstić information content (AvgIpc) is 3.26. The molecular weight excluding hydrogens is 372 g/mol. The molecular formula is C17H16N4O3S2. The van der Waals surface area contributed by atoms with Crippen molar-refractivity contribution in [2.75, 3.05) is 6.54 Å². The summed E-state index contributed by atoms with van der Waals surface area (Å²) in [5, 5.41) is 11.4. The summed E-state index contributed by atoms with van der Waals surface area (Å²) in [5.41, 5.74) is 2.57. The first-order chi connectivity index (χ1) is 12.5. The Morgan fingerprint density at radius 1 is 1.23 bits per heavy atom. The van der Waals surface area contributed by atoms with E-state index in [9.17, 15) is 13.5 Å². The lowest BCUT2D eigenvalue weighted by molar-refractivity contribution is 0.182. The van der Waals surface area contributed by atoms with Gasteiger partial charge in [0, 0.05) is 25.3 Å². The van der Waals surface area contributed by atoms with Gasteiger partial charge in [-0.2, -0.15) is 8.75 Å². The number of hydrogen-bond acceptors (Lipinski definition) is 6. The molecule has 0 saturated carbocycles. The number of hydrogen-bond donors (Lipinski definition) is 2. The highest BCUT2D eigenvalue weighted by molar-refractivity contribution is 7.89. The molecule has 2 aromatic carbocycles. The SMILES string of the molecule is Cn1ccc2cc([C@@H](O)CNS(=O)(=O)c3cccc4nsnc34)ccc21. The van der Waals surface area contributed by atoms with Crippen LogP contribution < -0.4 is 4.72 Å². The molecule has 2 aromatic heterocycles. The fourth-order valence-corrected chi connectivity index (χ4v) is 4.69. The van der Waals surface area contributed by atoms with E-state index in [1.54, 1.807) is 18.2 Å². The number of nitrogens with zero attached hydrogens (tertiary/aromatic N) is 3. The molecule has 7 nitrogen and oxygen atoms in total. The minimum Gasteiger partial charge on any atom is -0.387 e. The number of benzene rings is 2. The predicted molar refractivity (Wildman–Crippen MR) is 100 cm³/mol. The molecule has 2 N–H and O–H groups in total. The third kappa shape index (κ3) is 2.99. The van der Waals surface area contributed by atoms with Gasteiger partial charge in [0.15, 0.2) is 0 Å². The van der Waals surface area contributed by atoms with Crippen LogP contribution in [0.15, 0.2) is 53.6 Å². The van der Waals surface area contributed by atoms with Gasteiger partial charge in [-0.3, -0.25) is 0 Å². The highest BCUT2D eigenvalue weighted by Crippen LogP contribution is 2.23. The Morgan fingerprint density at radius 3 is 2.92 bits per heavy atom. The van der Waals surface area contributed by atoms with Crippen LogP contribution in [-0.4, -0.2) is 33.4 Å². The number of fused-ring (bicyclic) bond motifs is 2. The van der Waals surface area contributed by atoms with E-state index in [1.807, 2.05) is 36.0 Å². The molecule has 1 atom stereocenters. The van der Waals surface area contributed by atoms with Crippen molar-refractivity contribution in [1.29, 1.82) is 0 Å². The summed E-state index contributed by atoms with van der Waals surface area (Å²) < 4.78 is 37.8. The summed E-state index contributed by atoms with van der Waals surface area (Å²) in [5.74, 6) is 0. The normalized spacial score (nSPS) is 13.5. The van der Waals surface area contributed by atoms with Gasteiger partial charge in [0.2, 0.25) is 10.0 Å². The minimum atomic E-state index is -3.81. The van der Waals surface area contributed by atoms with Gasteiger partial charge in [0.1, 0.15) is 15.9 Å². The van der Waals surface area contributed by atoms with Crippen molar-refractivity contribution in [3.63, 3.8) is 0 Å². The third-order valence-electron chi connectivity index (χ3n) is 4.30. The second-order valence-electron chi connectivity index (χ2n) is 6.00. The number of rotatable bonds is 5. The van der Waals surface area contributed by atoms with Crippen LogP contribution in [0, 0.1) is 0 Å². The maximum Gasteiger partial charge on any atom is 0.242 e. The maximum atomic E-state index is 12.6. The summed E-state index contributed by atoms with van der Waals surface area (Å²) >= 11 is 0.964. The van der Waals surface area contributed by atoms with Gasteiger partial charge in [-0.15, -0.1) is 0 Å². The van der Waals surface area contributed by atoms with Crippen LogP contribution in [0.5, 0.6) is 0 Å². The molecule has 0 amide bonds. The van der Waals surface area contributed by atoms with Crippen LogP contribution in [0.25, 0.3) is 21.9 Å². The molecule has 26 heavy (non-hydrogen) atoms. The quantitative estimate of drug-likeness (QED) is 0.546. The van der Waals surface area contributed by atoms with E-state index < -0.39 is 16.1 Å². The van der Waals surface area contributed by atoms with E-state index >= 15 is 0 Å². The number of aryl methyl sites for hydroxylation is 1. The first-order valence-electron chi connectivity index (χ1n) is 7.90. The first kappa shape index (κ1) is 17.1. The molecule has 4 aromatic rings. The lowest BCUT2D eigenvalue weighted by Crippen LogP contribution is -2.28. The second kappa shape index (κ2) is 6.44. The second-order valence-corrected chi connectivity index (χ2v) is 8.26. The van der Waals surface area contributed by atoms with E-state index in [2.05, 4.69) is 13.5 Å². The Balaban J connectivity index is 1.56. The molecule has 9 heteroatoms. The Kier molecular flexibility index (Phi) is 4.23. The van der Waals surface area contributed by atoms with E-state index in [0.717, 1.165) is 22.6 Å². The average molecular weight is 388 g/mol. The van der Waals surface area contributed by atoms with Gasteiger partial charge in [-0.25, -0.2) is 13.1 Å². The molecule has 0 saturated heterocycles. The molecule has 0 aliphatic rings. The van der Waals surface area contributed by atoms with Crippen molar-refractivity contribution in [2.24, 2.45) is 7.05 Å². The van der Waals surface area contributed by atoms with Crippen molar-refractivity contribution >= 4 is 43.7 Å². The lowest BCUT2D eigenvalue weighted by atomic mass is 10.1. The molecule has 2 heterocycles. The summed E-state index contributed by atoms with van der Waals surface area (Å²) in [7, 11) is -1.86. The molecule has 4 rings (SSSR count). The first-order valence-corrected chi connectivity index (χ1v) is 10.1. The largest absolute Gasteiger partial charge is 0.387 e. The number of aliphatic hydroxyl groups excluding tert-OH is 1. The monoisotopic (exact) mass is 388 g/mol. The van der Waals surface area contributed by atoms with Gasteiger partial charge in [0.25, 0.3) is 0 Å². The fourth-order valence-electron chi connectivity index (χ4n) is 2.89. The minimum absolute atomic E-state index is 0.0643. The molecule has 0 fully saturated rings. The molecule has 134 valence electrons. The Hall–Kier alpha value is -2.33. The van der Waals surface area contributed by atoms with Gasteiger partial charge < -0.3 is 9.67 Å². The standard InChI is InChI=1S/C17H16N4O3S2/c1-21-8-7-11-9-12(5-6-14(11)21)15(22)10-18-26(23,24)16-4-2-3-13-17(16)20-25-19-13/h2-9,15,18,22H,10H2,1H3/t15-/m0/s1. The van der Waals surface area contributed by atoms with Gasteiger partial charge in [-0.05, 0) is 41.3 Å². The zero-order chi connectivity index (χ0) is 18.3. The third-order valence-corrected chi connectivity index (χ3v) is 6.30. The van der Waals surface area contributed by atoms with Crippen molar-refractivity contribution < 1.29 is 13.5 Å². The van der Waals surface area contributed by atoms with Crippen LogP contribution in [0.4, 0.5) is 0 Å². The number of aromatic nitrogens is 3. The van der Waals surface area contributed by atoms with Gasteiger partial charge in [-0.1, -0.05) is 12.1 Å². The zero-order valence-corrected chi connectivity index (χ0v) is 15.5. The van der Waals surface area contributed by atoms with Gasteiger partial charge >= 0.3 is 0 Å². The number of aliphatic hydroxyl groups is 1. The van der Waals surface area contributed by atoms with E-state index in [-0.39, 0.29) is 11.4 Å². The summed E-state index contributed by atoms with van der Waals surface area (Å²) in [6.45, 7) is -0.130. The van der Waals surface area contributed by atoms with Crippen molar-refractivity contribution in [3.8, 4) is 0 Å². The molecule has 0 unspecified atom stereocenters. The van der Waals surface area contributed by atoms with E-state index in [1.165, 1.54) is 6.07 Å². The van der Waals surface area contributed by atoms with Crippen molar-refractivity contribution in [2.45, 2.75) is 11.0 Å². The lowest BCUT2D eigenvalue weighted by Gasteiger charge is -2.13. The maximum absolute atomic E-state index is 12.6. The zero-order valence-electron chi connectivity index (χ0n) is 13.8. The number of sulfonamides is 1. The van der Waals surface area contributed by atoms with Crippen LogP contribution >= 0.6 is 11.7 Å². The smallest absolute Gasteiger partial charge is 0.242 e. The van der Waals surface area contributed by atoms with Crippen molar-refractivity contribution in [3.05, 3.63) is 54.2 Å². The molecule has 0 aliphatic carbocycles. The highest BCUT2D eigenvalue weighted by atomic mass is 32.2. The number of nitrogens with one attached hydrogen (secondary N) is 1. The van der Waals surface area contributed by atoms with E-state index in [0.29, 0.717) is 16.6 Å². The Morgan fingerprint density at radius 2 is 2.08 bits per heavy atom. The molecule has 0 spiro atoms. The van der Waals surface area contributed by atoms with Crippen LogP contribution in [-0.2, 0) is 17.1 Å². The summed E-state index contributed by atoms with van der Waals surface area (Å²) in [4.78, 5) is 0.0643. The molecule has 0 radical (unpaired) electrons. The van der Waals surface area contributed by atoms with Crippen LogP contribution in [0.2, 0.25) is 0 Å². The van der Waals surface area contributed by atoms with Gasteiger partial charge in [0.05, 0.1) is 17.8 Å². The molecule has 0 aliphatic heterocycles. The summed E-state index contributed by atoms with van der Waals surface area (Å²) in [6.07, 6.45) is 0.980. The Labute approximate surface area is 154 Å². The van der Waals surface area contributed by atoms with Crippen molar-refractivity contribution in [1.82, 2.24) is 18.0 Å². The summed E-state index contributed by atoms with van der Waals surface area (Å²) in [6, 6.07) is 12.3. The van der Waals surface area contributed by atoms with Crippen LogP contribution in [0.1, 0.15) is 11.7 Å². The fraction of sp³-hybridized carbons (Fsp3) is 0.176. The predicted octanol–water partition coefficient (Wildman–Crippen LogP) is 2.19. The Bertz CT molecular complexity index is 1200.